The van der Waals surface area contributed by atoms with Gasteiger partial charge in [0.15, 0.2) is 0 Å². The topological polar surface area (TPSA) is 98.7 Å². The minimum absolute atomic E-state index is 0.0830. The fraction of sp³-hybridized carbons (Fsp3) is 0.125. The SMILES string of the molecule is [N-]=[N+]=NCCc1cccc2[nH]cc(S(=O)(=O)c3cccc(F)c3)c12. The summed E-state index contributed by atoms with van der Waals surface area (Å²) < 4.78 is 39.2. The van der Waals surface area contributed by atoms with Crippen LogP contribution in [0, 0.1) is 5.82 Å². The van der Waals surface area contributed by atoms with Crippen molar-refractivity contribution in [3.8, 4) is 0 Å². The highest BCUT2D eigenvalue weighted by atomic mass is 32.2. The highest BCUT2D eigenvalue weighted by Gasteiger charge is 2.23. The number of sulfone groups is 1. The van der Waals surface area contributed by atoms with E-state index in [2.05, 4.69) is 15.0 Å². The maximum Gasteiger partial charge on any atom is 0.208 e. The number of H-pyrrole nitrogens is 1. The Bertz CT molecular complexity index is 1050. The minimum atomic E-state index is -3.87. The van der Waals surface area contributed by atoms with Gasteiger partial charge in [0.25, 0.3) is 0 Å². The largest absolute Gasteiger partial charge is 0.360 e. The van der Waals surface area contributed by atoms with Crippen LogP contribution in [0.3, 0.4) is 0 Å². The van der Waals surface area contributed by atoms with Gasteiger partial charge in [-0.3, -0.25) is 0 Å². The molecule has 0 atom stereocenters. The molecule has 0 radical (unpaired) electrons. The van der Waals surface area contributed by atoms with E-state index >= 15 is 0 Å². The second kappa shape index (κ2) is 6.35. The van der Waals surface area contributed by atoms with Crippen molar-refractivity contribution in [2.45, 2.75) is 16.2 Å². The zero-order valence-corrected chi connectivity index (χ0v) is 13.3. The molecule has 0 aliphatic heterocycles. The van der Waals surface area contributed by atoms with E-state index in [1.807, 2.05) is 0 Å². The van der Waals surface area contributed by atoms with Crippen LogP contribution in [0.25, 0.3) is 21.3 Å². The van der Waals surface area contributed by atoms with Crippen molar-refractivity contribution in [1.29, 1.82) is 0 Å². The Morgan fingerprint density at radius 2 is 2.00 bits per heavy atom. The number of nitrogens with one attached hydrogen (secondary N) is 1. The third-order valence-electron chi connectivity index (χ3n) is 3.70. The molecule has 0 saturated carbocycles. The summed E-state index contributed by atoms with van der Waals surface area (Å²) in [6.45, 7) is 0.222. The summed E-state index contributed by atoms with van der Waals surface area (Å²) in [5.74, 6) is -0.612. The number of halogens is 1. The van der Waals surface area contributed by atoms with Gasteiger partial charge in [0.2, 0.25) is 9.84 Å². The van der Waals surface area contributed by atoms with Crippen molar-refractivity contribution < 1.29 is 12.8 Å². The molecule has 8 heteroatoms. The van der Waals surface area contributed by atoms with E-state index < -0.39 is 15.7 Å². The predicted molar refractivity (Wildman–Crippen MR) is 87.9 cm³/mol. The van der Waals surface area contributed by atoms with Crippen molar-refractivity contribution >= 4 is 20.7 Å². The standard InChI is InChI=1S/C16H13FN4O2S/c17-12-4-2-5-13(9-12)24(22,23)15-10-19-14-6-1-3-11(16(14)15)7-8-20-21-18/h1-6,9-10,19H,7-8H2. The second-order valence-electron chi connectivity index (χ2n) is 5.16. The molecule has 1 N–H and O–H groups in total. The number of azide groups is 1. The Balaban J connectivity index is 2.17. The van der Waals surface area contributed by atoms with Crippen LogP contribution in [0.4, 0.5) is 4.39 Å². The summed E-state index contributed by atoms with van der Waals surface area (Å²) >= 11 is 0. The van der Waals surface area contributed by atoms with Crippen molar-refractivity contribution in [2.75, 3.05) is 6.54 Å². The average Bonchev–Trinajstić information content (AvgIpc) is 3.01. The number of rotatable bonds is 5. The first-order valence-corrected chi connectivity index (χ1v) is 8.63. The molecule has 0 amide bonds. The van der Waals surface area contributed by atoms with Crippen LogP contribution in [0.15, 0.2) is 63.6 Å². The third-order valence-corrected chi connectivity index (χ3v) is 5.47. The molecule has 0 saturated heterocycles. The molecular weight excluding hydrogens is 331 g/mol. The van der Waals surface area contributed by atoms with Crippen LogP contribution in [0.1, 0.15) is 5.56 Å². The summed E-state index contributed by atoms with van der Waals surface area (Å²) in [6, 6.07) is 10.3. The Labute approximate surface area is 137 Å². The monoisotopic (exact) mass is 344 g/mol. The van der Waals surface area contributed by atoms with E-state index in [-0.39, 0.29) is 16.3 Å². The Morgan fingerprint density at radius 3 is 2.75 bits per heavy atom. The first kappa shape index (κ1) is 16.0. The lowest BCUT2D eigenvalue weighted by Crippen LogP contribution is -2.03. The van der Waals surface area contributed by atoms with Gasteiger partial charge in [-0.25, -0.2) is 12.8 Å². The lowest BCUT2D eigenvalue weighted by atomic mass is 10.1. The van der Waals surface area contributed by atoms with Crippen LogP contribution in [0.2, 0.25) is 0 Å². The van der Waals surface area contributed by atoms with Crippen LogP contribution in [-0.2, 0) is 16.3 Å². The van der Waals surface area contributed by atoms with E-state index in [1.165, 1.54) is 24.4 Å². The molecule has 3 rings (SSSR count). The van der Waals surface area contributed by atoms with Gasteiger partial charge in [-0.2, -0.15) is 0 Å². The first-order valence-electron chi connectivity index (χ1n) is 7.14. The van der Waals surface area contributed by atoms with E-state index in [9.17, 15) is 12.8 Å². The molecule has 6 nitrogen and oxygen atoms in total. The van der Waals surface area contributed by atoms with Crippen LogP contribution >= 0.6 is 0 Å². The molecule has 24 heavy (non-hydrogen) atoms. The fourth-order valence-corrected chi connectivity index (χ4v) is 4.13. The molecule has 1 aromatic heterocycles. The summed E-state index contributed by atoms with van der Waals surface area (Å²) in [4.78, 5) is 5.62. The van der Waals surface area contributed by atoms with E-state index in [4.69, 9.17) is 5.53 Å². The maximum atomic E-state index is 13.4. The van der Waals surface area contributed by atoms with Gasteiger partial charge in [0.1, 0.15) is 5.82 Å². The summed E-state index contributed by atoms with van der Waals surface area (Å²) in [5, 5.41) is 4.03. The maximum absolute atomic E-state index is 13.4. The normalized spacial score (nSPS) is 11.4. The Morgan fingerprint density at radius 1 is 1.21 bits per heavy atom. The minimum Gasteiger partial charge on any atom is -0.360 e. The molecule has 0 fully saturated rings. The van der Waals surface area contributed by atoms with Gasteiger partial charge < -0.3 is 4.98 Å². The first-order chi connectivity index (χ1) is 11.5. The number of hydrogen-bond acceptors (Lipinski definition) is 3. The quantitative estimate of drug-likeness (QED) is 0.430. The molecule has 2 aromatic carbocycles. The van der Waals surface area contributed by atoms with Crippen LogP contribution in [-0.4, -0.2) is 19.9 Å². The zero-order chi connectivity index (χ0) is 17.2. The third kappa shape index (κ3) is 2.84. The highest BCUT2D eigenvalue weighted by molar-refractivity contribution is 7.91. The fourth-order valence-electron chi connectivity index (χ4n) is 2.62. The molecule has 122 valence electrons. The van der Waals surface area contributed by atoms with E-state index in [1.54, 1.807) is 18.2 Å². The molecular formula is C16H13FN4O2S. The van der Waals surface area contributed by atoms with E-state index in [0.29, 0.717) is 17.3 Å². The smallest absolute Gasteiger partial charge is 0.208 e. The average molecular weight is 344 g/mol. The number of aromatic amines is 1. The Kier molecular flexibility index (Phi) is 4.24. The van der Waals surface area contributed by atoms with Gasteiger partial charge >= 0.3 is 0 Å². The lowest BCUT2D eigenvalue weighted by Gasteiger charge is -2.07. The summed E-state index contributed by atoms with van der Waals surface area (Å²) in [6.07, 6.45) is 1.81. The van der Waals surface area contributed by atoms with Crippen LogP contribution < -0.4 is 0 Å². The van der Waals surface area contributed by atoms with Gasteiger partial charge in [0, 0.05) is 28.6 Å². The predicted octanol–water partition coefficient (Wildman–Crippen LogP) is 3.99. The Hall–Kier alpha value is -2.83. The molecule has 0 bridgehead atoms. The molecule has 0 aliphatic rings. The summed E-state index contributed by atoms with van der Waals surface area (Å²) in [7, 11) is -3.87. The number of hydrogen-bond donors (Lipinski definition) is 1. The lowest BCUT2D eigenvalue weighted by molar-refractivity contribution is 0.591. The van der Waals surface area contributed by atoms with Gasteiger partial charge in [-0.15, -0.1) is 0 Å². The molecule has 0 spiro atoms. The molecule has 3 aromatic rings. The van der Waals surface area contributed by atoms with Crippen molar-refractivity contribution in [3.05, 3.63) is 70.5 Å². The second-order valence-corrected chi connectivity index (χ2v) is 7.08. The van der Waals surface area contributed by atoms with Gasteiger partial charge in [0.05, 0.1) is 9.79 Å². The zero-order valence-electron chi connectivity index (χ0n) is 12.5. The van der Waals surface area contributed by atoms with Gasteiger partial charge in [-0.05, 0) is 41.8 Å². The summed E-state index contributed by atoms with van der Waals surface area (Å²) in [5.41, 5.74) is 9.80. The number of benzene rings is 2. The number of fused-ring (bicyclic) bond motifs is 1. The van der Waals surface area contributed by atoms with Crippen molar-refractivity contribution in [2.24, 2.45) is 5.11 Å². The van der Waals surface area contributed by atoms with Crippen molar-refractivity contribution in [1.82, 2.24) is 4.98 Å². The number of nitrogens with zero attached hydrogens (tertiary/aromatic N) is 3. The molecule has 0 unspecified atom stereocenters. The van der Waals surface area contributed by atoms with Gasteiger partial charge in [-0.1, -0.05) is 23.3 Å². The van der Waals surface area contributed by atoms with E-state index in [0.717, 1.165) is 11.6 Å². The molecule has 0 aliphatic carbocycles. The highest BCUT2D eigenvalue weighted by Crippen LogP contribution is 2.31. The van der Waals surface area contributed by atoms with Crippen LogP contribution in [0.5, 0.6) is 0 Å². The molecule has 1 heterocycles. The van der Waals surface area contributed by atoms with Crippen molar-refractivity contribution in [3.63, 3.8) is 0 Å². The number of aromatic nitrogens is 1.